The van der Waals surface area contributed by atoms with Gasteiger partial charge in [-0.25, -0.2) is 0 Å². The average Bonchev–Trinajstić information content (AvgIpc) is 2.91. The monoisotopic (exact) mass is 334 g/mol. The normalized spacial score (nSPS) is 10.9. The largest absolute Gasteiger partial charge is 0.438 e. The number of rotatable bonds is 5. The fourth-order valence-corrected chi connectivity index (χ4v) is 2.26. The molecule has 3 rings (SSSR count). The van der Waals surface area contributed by atoms with Gasteiger partial charge < -0.3 is 14.0 Å². The van der Waals surface area contributed by atoms with Crippen molar-refractivity contribution in [3.8, 4) is 11.6 Å². The third-order valence-electron chi connectivity index (χ3n) is 3.07. The summed E-state index contributed by atoms with van der Waals surface area (Å²) in [6.45, 7) is 0.299. The molecule has 0 atom stereocenters. The number of hydrogen-bond donors (Lipinski definition) is 0. The number of halogens is 1. The Balaban J connectivity index is 2.03. The number of non-ortho nitro benzene ring substituents is 1. The summed E-state index contributed by atoms with van der Waals surface area (Å²) in [6.07, 6.45) is 1.76. The van der Waals surface area contributed by atoms with Gasteiger partial charge in [0.15, 0.2) is 5.65 Å². The van der Waals surface area contributed by atoms with Crippen LogP contribution in [0.3, 0.4) is 0 Å². The van der Waals surface area contributed by atoms with E-state index in [4.69, 9.17) is 21.1 Å². The lowest BCUT2D eigenvalue weighted by atomic mass is 10.3. The predicted octanol–water partition coefficient (Wildman–Crippen LogP) is 3.39. The molecule has 2 heterocycles. The lowest BCUT2D eigenvalue weighted by Gasteiger charge is -2.07. The van der Waals surface area contributed by atoms with E-state index < -0.39 is 4.92 Å². The van der Waals surface area contributed by atoms with Crippen LogP contribution >= 0.6 is 11.6 Å². The van der Waals surface area contributed by atoms with Crippen LogP contribution in [0.1, 0.15) is 0 Å². The zero-order chi connectivity index (χ0) is 16.4. The summed E-state index contributed by atoms with van der Waals surface area (Å²) in [4.78, 5) is 18.5. The maximum absolute atomic E-state index is 10.8. The Hall–Kier alpha value is -2.71. The first-order chi connectivity index (χ1) is 11.1. The molecule has 0 aliphatic carbocycles. The fourth-order valence-electron chi connectivity index (χ4n) is 2.11. The molecular formula is C14H11ClN4O4. The first-order valence-electron chi connectivity index (χ1n) is 6.52. The maximum atomic E-state index is 10.8. The topological polar surface area (TPSA) is 92.3 Å². The van der Waals surface area contributed by atoms with Crippen LogP contribution in [0.25, 0.3) is 11.0 Å². The first-order valence-corrected chi connectivity index (χ1v) is 6.90. The number of nitro groups is 1. The molecule has 0 aliphatic heterocycles. The molecule has 0 radical (unpaired) electrons. The van der Waals surface area contributed by atoms with Crippen LogP contribution in [-0.2, 0) is 11.5 Å². The highest BCUT2D eigenvalue weighted by molar-refractivity contribution is 6.28. The highest BCUT2D eigenvalue weighted by Crippen LogP contribution is 2.30. The van der Waals surface area contributed by atoms with Gasteiger partial charge in [0, 0.05) is 19.4 Å². The van der Waals surface area contributed by atoms with Gasteiger partial charge in [0.1, 0.15) is 12.5 Å². The van der Waals surface area contributed by atoms with Crippen molar-refractivity contribution in [2.45, 2.75) is 6.73 Å². The molecule has 118 valence electrons. The van der Waals surface area contributed by atoms with E-state index >= 15 is 0 Å². The molecule has 0 spiro atoms. The van der Waals surface area contributed by atoms with Gasteiger partial charge in [0.05, 0.1) is 16.4 Å². The number of methoxy groups -OCH3 is 1. The minimum atomic E-state index is -0.496. The van der Waals surface area contributed by atoms with Crippen molar-refractivity contribution in [2.75, 3.05) is 7.11 Å². The van der Waals surface area contributed by atoms with Crippen molar-refractivity contribution >= 4 is 28.3 Å². The highest BCUT2D eigenvalue weighted by atomic mass is 35.5. The standard InChI is InChI=1S/C14H11ClN4O4/c1-22-8-18-6-5-11-12(18)16-14(15)17-13(11)23-10-4-2-3-9(7-10)19(20)21/h2-7H,8H2,1H3. The molecule has 3 aromatic rings. The summed E-state index contributed by atoms with van der Waals surface area (Å²) in [7, 11) is 1.56. The number of hydrogen-bond acceptors (Lipinski definition) is 6. The van der Waals surface area contributed by atoms with Crippen molar-refractivity contribution in [3.05, 3.63) is 51.9 Å². The third kappa shape index (κ3) is 3.08. The number of benzene rings is 1. The zero-order valence-corrected chi connectivity index (χ0v) is 12.7. The lowest BCUT2D eigenvalue weighted by molar-refractivity contribution is -0.384. The van der Waals surface area contributed by atoms with Crippen molar-refractivity contribution in [3.63, 3.8) is 0 Å². The molecule has 0 fully saturated rings. The second-order valence-electron chi connectivity index (χ2n) is 4.59. The summed E-state index contributed by atoms with van der Waals surface area (Å²) < 4.78 is 12.5. The molecule has 8 nitrogen and oxygen atoms in total. The lowest BCUT2D eigenvalue weighted by Crippen LogP contribution is -2.00. The second-order valence-corrected chi connectivity index (χ2v) is 4.93. The molecule has 0 aliphatic rings. The summed E-state index contributed by atoms with van der Waals surface area (Å²) in [6, 6.07) is 7.58. The third-order valence-corrected chi connectivity index (χ3v) is 3.24. The number of nitro benzene ring substituents is 1. The van der Waals surface area contributed by atoms with Gasteiger partial charge >= 0.3 is 0 Å². The van der Waals surface area contributed by atoms with Crippen molar-refractivity contribution in [1.29, 1.82) is 0 Å². The smallest absolute Gasteiger partial charge is 0.273 e. The second kappa shape index (κ2) is 6.19. The van der Waals surface area contributed by atoms with E-state index in [0.29, 0.717) is 17.8 Å². The Kier molecular flexibility index (Phi) is 4.09. The van der Waals surface area contributed by atoms with Gasteiger partial charge in [-0.05, 0) is 23.7 Å². The molecular weight excluding hydrogens is 324 g/mol. The Labute approximate surface area is 135 Å². The van der Waals surface area contributed by atoms with Crippen LogP contribution in [0.5, 0.6) is 11.6 Å². The van der Waals surface area contributed by atoms with Gasteiger partial charge in [-0.2, -0.15) is 9.97 Å². The van der Waals surface area contributed by atoms with Gasteiger partial charge in [0.25, 0.3) is 5.69 Å². The van der Waals surface area contributed by atoms with Gasteiger partial charge in [-0.1, -0.05) is 6.07 Å². The summed E-state index contributed by atoms with van der Waals surface area (Å²) in [5.74, 6) is 0.505. The van der Waals surface area contributed by atoms with E-state index in [1.807, 2.05) is 0 Å². The van der Waals surface area contributed by atoms with Crippen LogP contribution in [0.4, 0.5) is 5.69 Å². The minimum absolute atomic E-state index is 0.00832. The molecule has 0 bridgehead atoms. The Morgan fingerprint density at radius 2 is 2.17 bits per heavy atom. The predicted molar refractivity (Wildman–Crippen MR) is 82.7 cm³/mol. The molecule has 9 heteroatoms. The summed E-state index contributed by atoms with van der Waals surface area (Å²) >= 11 is 5.94. The van der Waals surface area contributed by atoms with Gasteiger partial charge in [-0.15, -0.1) is 0 Å². The number of aromatic nitrogens is 3. The molecule has 0 amide bonds. The van der Waals surface area contributed by atoms with Crippen molar-refractivity contribution < 1.29 is 14.4 Å². The highest BCUT2D eigenvalue weighted by Gasteiger charge is 2.14. The van der Waals surface area contributed by atoms with E-state index in [2.05, 4.69) is 9.97 Å². The quantitative estimate of drug-likeness (QED) is 0.403. The van der Waals surface area contributed by atoms with Crippen LogP contribution < -0.4 is 4.74 Å². The molecule has 0 N–H and O–H groups in total. The minimum Gasteiger partial charge on any atom is -0.438 e. The Bertz CT molecular complexity index is 880. The van der Waals surface area contributed by atoms with E-state index in [1.54, 1.807) is 30.0 Å². The van der Waals surface area contributed by atoms with Crippen LogP contribution in [0.15, 0.2) is 36.5 Å². The number of fused-ring (bicyclic) bond motifs is 1. The Morgan fingerprint density at radius 1 is 1.35 bits per heavy atom. The molecule has 1 aromatic carbocycles. The SMILES string of the molecule is COCn1ccc2c(Oc3cccc([N+](=O)[O-])c3)nc(Cl)nc21. The maximum Gasteiger partial charge on any atom is 0.273 e. The van der Waals surface area contributed by atoms with Crippen LogP contribution in [0, 0.1) is 10.1 Å². The van der Waals surface area contributed by atoms with E-state index in [1.165, 1.54) is 18.2 Å². The zero-order valence-electron chi connectivity index (χ0n) is 12.0. The first kappa shape index (κ1) is 15.2. The molecule has 23 heavy (non-hydrogen) atoms. The molecule has 2 aromatic heterocycles. The Morgan fingerprint density at radius 3 is 2.91 bits per heavy atom. The van der Waals surface area contributed by atoms with Gasteiger partial charge in [-0.3, -0.25) is 10.1 Å². The fraction of sp³-hybridized carbons (Fsp3) is 0.143. The van der Waals surface area contributed by atoms with E-state index in [9.17, 15) is 10.1 Å². The van der Waals surface area contributed by atoms with Crippen molar-refractivity contribution in [1.82, 2.24) is 14.5 Å². The van der Waals surface area contributed by atoms with Crippen molar-refractivity contribution in [2.24, 2.45) is 0 Å². The van der Waals surface area contributed by atoms with Crippen LogP contribution in [0.2, 0.25) is 5.28 Å². The van der Waals surface area contributed by atoms with Gasteiger partial charge in [0.2, 0.25) is 11.2 Å². The molecule has 0 saturated carbocycles. The molecule has 0 unspecified atom stereocenters. The molecule has 0 saturated heterocycles. The number of ether oxygens (including phenoxy) is 2. The summed E-state index contributed by atoms with van der Waals surface area (Å²) in [5, 5.41) is 11.5. The number of nitrogens with zero attached hydrogens (tertiary/aromatic N) is 4. The van der Waals surface area contributed by atoms with E-state index in [0.717, 1.165) is 0 Å². The average molecular weight is 335 g/mol. The van der Waals surface area contributed by atoms with E-state index in [-0.39, 0.29) is 22.6 Å². The summed E-state index contributed by atoms with van der Waals surface area (Å²) in [5.41, 5.74) is 0.475. The van der Waals surface area contributed by atoms with Crippen LogP contribution in [-0.4, -0.2) is 26.6 Å².